The summed E-state index contributed by atoms with van der Waals surface area (Å²) in [5, 5.41) is 11.9. The van der Waals surface area contributed by atoms with Crippen molar-refractivity contribution in [2.24, 2.45) is 0 Å². The fraction of sp³-hybridized carbons (Fsp3) is 0.478. The third kappa shape index (κ3) is 4.15. The predicted octanol–water partition coefficient (Wildman–Crippen LogP) is 3.17. The second-order valence-corrected chi connectivity index (χ2v) is 9.91. The van der Waals surface area contributed by atoms with Gasteiger partial charge in [-0.1, -0.05) is 12.1 Å². The van der Waals surface area contributed by atoms with E-state index in [4.69, 9.17) is 0 Å². The SMILES string of the molecule is Cc1sc2ncn(CC3(O)CCN(Cc4ccc(N(C)C)cc4)CC3)c(=O)c2c1C. The molecule has 30 heavy (non-hydrogen) atoms. The molecule has 7 heteroatoms. The van der Waals surface area contributed by atoms with Gasteiger partial charge in [0.1, 0.15) is 4.83 Å². The van der Waals surface area contributed by atoms with E-state index in [1.165, 1.54) is 11.3 Å². The zero-order valence-corrected chi connectivity index (χ0v) is 19.0. The Kier molecular flexibility index (Phi) is 5.70. The van der Waals surface area contributed by atoms with Crippen LogP contribution in [0.2, 0.25) is 0 Å². The molecule has 6 nitrogen and oxygen atoms in total. The molecule has 3 heterocycles. The second kappa shape index (κ2) is 8.13. The van der Waals surface area contributed by atoms with Gasteiger partial charge in [-0.15, -0.1) is 11.3 Å². The molecule has 2 aromatic heterocycles. The standard InChI is InChI=1S/C23H30N4O2S/c1-16-17(2)30-21-20(16)22(28)27(15-24-21)14-23(29)9-11-26(12-10-23)13-18-5-7-19(8-6-18)25(3)4/h5-8,15,29H,9-14H2,1-4H3. The van der Waals surface area contributed by atoms with Crippen LogP contribution in [0.25, 0.3) is 10.2 Å². The number of hydrogen-bond acceptors (Lipinski definition) is 6. The Morgan fingerprint density at radius 1 is 1.17 bits per heavy atom. The van der Waals surface area contributed by atoms with Crippen LogP contribution in [0.3, 0.4) is 0 Å². The fourth-order valence-corrected chi connectivity index (χ4v) is 5.13. The lowest BCUT2D eigenvalue weighted by Gasteiger charge is -2.38. The summed E-state index contributed by atoms with van der Waals surface area (Å²) in [5.74, 6) is 0. The molecule has 1 fully saturated rings. The number of nitrogens with zero attached hydrogens (tertiary/aromatic N) is 4. The number of thiophene rings is 1. The van der Waals surface area contributed by atoms with Crippen molar-refractivity contribution >= 4 is 27.2 Å². The first kappa shape index (κ1) is 21.0. The third-order valence-corrected chi connectivity index (χ3v) is 7.38. The zero-order chi connectivity index (χ0) is 21.5. The second-order valence-electron chi connectivity index (χ2n) is 8.70. The van der Waals surface area contributed by atoms with Gasteiger partial charge < -0.3 is 10.0 Å². The first-order chi connectivity index (χ1) is 14.3. The monoisotopic (exact) mass is 426 g/mol. The summed E-state index contributed by atoms with van der Waals surface area (Å²) in [5.41, 5.74) is 2.56. The average molecular weight is 427 g/mol. The van der Waals surface area contributed by atoms with Crippen molar-refractivity contribution in [3.63, 3.8) is 0 Å². The molecule has 1 N–H and O–H groups in total. The Hall–Kier alpha value is -2.22. The number of rotatable bonds is 5. The maximum Gasteiger partial charge on any atom is 0.262 e. The lowest BCUT2D eigenvalue weighted by atomic mass is 9.91. The Morgan fingerprint density at radius 3 is 2.47 bits per heavy atom. The highest BCUT2D eigenvalue weighted by molar-refractivity contribution is 7.18. The molecule has 1 saturated heterocycles. The highest BCUT2D eigenvalue weighted by Crippen LogP contribution is 2.28. The van der Waals surface area contributed by atoms with E-state index >= 15 is 0 Å². The Labute approximate surface area is 181 Å². The van der Waals surface area contributed by atoms with E-state index in [-0.39, 0.29) is 5.56 Å². The number of likely N-dealkylation sites (tertiary alicyclic amines) is 1. The maximum absolute atomic E-state index is 13.0. The van der Waals surface area contributed by atoms with Gasteiger partial charge in [0.25, 0.3) is 5.56 Å². The molecule has 3 aromatic rings. The van der Waals surface area contributed by atoms with Crippen LogP contribution in [-0.2, 0) is 13.1 Å². The quantitative estimate of drug-likeness (QED) is 0.679. The number of hydrogen-bond donors (Lipinski definition) is 1. The summed E-state index contributed by atoms with van der Waals surface area (Å²) in [6.45, 7) is 6.79. The minimum absolute atomic E-state index is 0.0429. The van der Waals surface area contributed by atoms with Crippen LogP contribution in [0.1, 0.15) is 28.8 Å². The molecule has 0 spiro atoms. The summed E-state index contributed by atoms with van der Waals surface area (Å²) in [7, 11) is 4.08. The molecule has 0 bridgehead atoms. The molecule has 1 aliphatic heterocycles. The van der Waals surface area contributed by atoms with Crippen LogP contribution < -0.4 is 10.5 Å². The summed E-state index contributed by atoms with van der Waals surface area (Å²) in [4.78, 5) is 23.8. The molecule has 160 valence electrons. The summed E-state index contributed by atoms with van der Waals surface area (Å²) in [6, 6.07) is 8.61. The molecule has 0 unspecified atom stereocenters. The van der Waals surface area contributed by atoms with E-state index < -0.39 is 5.60 Å². The van der Waals surface area contributed by atoms with Crippen molar-refractivity contribution in [2.45, 2.75) is 45.4 Å². The van der Waals surface area contributed by atoms with E-state index in [2.05, 4.69) is 39.0 Å². The lowest BCUT2D eigenvalue weighted by Crippen LogP contribution is -2.47. The molecule has 4 rings (SSSR count). The smallest absolute Gasteiger partial charge is 0.262 e. The van der Waals surface area contributed by atoms with Gasteiger partial charge >= 0.3 is 0 Å². The van der Waals surface area contributed by atoms with E-state index in [1.807, 2.05) is 27.9 Å². The first-order valence-electron chi connectivity index (χ1n) is 10.4. The number of aryl methyl sites for hydroxylation is 2. The van der Waals surface area contributed by atoms with Gasteiger partial charge in [0.05, 0.1) is 23.9 Å². The molecule has 1 aromatic carbocycles. The Morgan fingerprint density at radius 2 is 1.83 bits per heavy atom. The summed E-state index contributed by atoms with van der Waals surface area (Å²) < 4.78 is 1.59. The summed E-state index contributed by atoms with van der Waals surface area (Å²) in [6.07, 6.45) is 2.89. The van der Waals surface area contributed by atoms with Crippen LogP contribution in [0, 0.1) is 13.8 Å². The van der Waals surface area contributed by atoms with Crippen LogP contribution in [-0.4, -0.2) is 52.3 Å². The van der Waals surface area contributed by atoms with Gasteiger partial charge in [0, 0.05) is 44.3 Å². The van der Waals surface area contributed by atoms with Crippen molar-refractivity contribution in [1.82, 2.24) is 14.5 Å². The normalized spacial score (nSPS) is 16.8. The fourth-order valence-electron chi connectivity index (χ4n) is 4.14. The van der Waals surface area contributed by atoms with Crippen LogP contribution in [0.15, 0.2) is 35.4 Å². The largest absolute Gasteiger partial charge is 0.388 e. The van der Waals surface area contributed by atoms with Crippen LogP contribution in [0.5, 0.6) is 0 Å². The van der Waals surface area contributed by atoms with Gasteiger partial charge in [0.2, 0.25) is 0 Å². The lowest BCUT2D eigenvalue weighted by molar-refractivity contribution is -0.0364. The van der Waals surface area contributed by atoms with E-state index in [0.717, 1.165) is 34.9 Å². The minimum atomic E-state index is -0.872. The molecule has 0 radical (unpaired) electrons. The molecule has 0 aliphatic carbocycles. The topological polar surface area (TPSA) is 61.6 Å². The summed E-state index contributed by atoms with van der Waals surface area (Å²) >= 11 is 1.55. The zero-order valence-electron chi connectivity index (χ0n) is 18.2. The third-order valence-electron chi connectivity index (χ3n) is 6.27. The molecular weight excluding hydrogens is 396 g/mol. The van der Waals surface area contributed by atoms with Gasteiger partial charge in [-0.05, 0) is 49.9 Å². The van der Waals surface area contributed by atoms with E-state index in [1.54, 1.807) is 22.2 Å². The predicted molar refractivity (Wildman–Crippen MR) is 124 cm³/mol. The number of benzene rings is 1. The minimum Gasteiger partial charge on any atom is -0.388 e. The van der Waals surface area contributed by atoms with Gasteiger partial charge in [-0.3, -0.25) is 14.3 Å². The average Bonchev–Trinajstić information content (AvgIpc) is 3.01. The number of aromatic nitrogens is 2. The van der Waals surface area contributed by atoms with Gasteiger partial charge in [0.15, 0.2) is 0 Å². The molecule has 0 atom stereocenters. The van der Waals surface area contributed by atoms with Crippen molar-refractivity contribution in [3.05, 3.63) is 57.0 Å². The molecular formula is C23H30N4O2S. The first-order valence-corrected chi connectivity index (χ1v) is 11.2. The van der Waals surface area contributed by atoms with Crippen LogP contribution >= 0.6 is 11.3 Å². The number of anilines is 1. The molecule has 1 aliphatic rings. The number of aliphatic hydroxyl groups is 1. The molecule has 0 amide bonds. The van der Waals surface area contributed by atoms with Crippen molar-refractivity contribution < 1.29 is 5.11 Å². The Balaban J connectivity index is 1.41. The van der Waals surface area contributed by atoms with Crippen molar-refractivity contribution in [2.75, 3.05) is 32.1 Å². The van der Waals surface area contributed by atoms with Gasteiger partial charge in [-0.25, -0.2) is 4.98 Å². The van der Waals surface area contributed by atoms with Gasteiger partial charge in [-0.2, -0.15) is 0 Å². The Bertz CT molecular complexity index is 1090. The van der Waals surface area contributed by atoms with E-state index in [9.17, 15) is 9.90 Å². The van der Waals surface area contributed by atoms with E-state index in [0.29, 0.717) is 24.8 Å². The van der Waals surface area contributed by atoms with Crippen molar-refractivity contribution in [3.8, 4) is 0 Å². The molecule has 0 saturated carbocycles. The van der Waals surface area contributed by atoms with Crippen LogP contribution in [0.4, 0.5) is 5.69 Å². The highest BCUT2D eigenvalue weighted by atomic mass is 32.1. The number of piperidine rings is 1. The van der Waals surface area contributed by atoms with Crippen molar-refractivity contribution in [1.29, 1.82) is 0 Å². The number of fused-ring (bicyclic) bond motifs is 1. The highest BCUT2D eigenvalue weighted by Gasteiger charge is 2.33. The maximum atomic E-state index is 13.0.